The monoisotopic (exact) mass is 260 g/mol. The van der Waals surface area contributed by atoms with E-state index in [2.05, 4.69) is 57.0 Å². The van der Waals surface area contributed by atoms with Crippen molar-refractivity contribution < 1.29 is 0 Å². The SMILES string of the molecule is CCN1c2cc(C)c(CNC)cc2[C@@H](C)CC1(C)C. The van der Waals surface area contributed by atoms with Crippen molar-refractivity contribution in [3.63, 3.8) is 0 Å². The van der Waals surface area contributed by atoms with Crippen LogP contribution in [0, 0.1) is 6.92 Å². The van der Waals surface area contributed by atoms with Crippen LogP contribution in [0.2, 0.25) is 0 Å². The van der Waals surface area contributed by atoms with Crippen LogP contribution in [0.15, 0.2) is 12.1 Å². The van der Waals surface area contributed by atoms with Crippen LogP contribution in [-0.2, 0) is 6.54 Å². The molecule has 2 heteroatoms. The van der Waals surface area contributed by atoms with Gasteiger partial charge in [-0.05, 0) is 69.8 Å². The lowest BCUT2D eigenvalue weighted by Crippen LogP contribution is -2.48. The number of nitrogens with zero attached hydrogens (tertiary/aromatic N) is 1. The quantitative estimate of drug-likeness (QED) is 0.888. The second-order valence-corrected chi connectivity index (χ2v) is 6.53. The summed E-state index contributed by atoms with van der Waals surface area (Å²) in [6, 6.07) is 4.81. The van der Waals surface area contributed by atoms with Crippen molar-refractivity contribution in [3.05, 3.63) is 28.8 Å². The van der Waals surface area contributed by atoms with Crippen LogP contribution in [0.25, 0.3) is 0 Å². The van der Waals surface area contributed by atoms with Gasteiger partial charge in [0, 0.05) is 24.3 Å². The molecule has 0 amide bonds. The summed E-state index contributed by atoms with van der Waals surface area (Å²) in [6.07, 6.45) is 1.23. The summed E-state index contributed by atoms with van der Waals surface area (Å²) < 4.78 is 0. The van der Waals surface area contributed by atoms with Gasteiger partial charge in [-0.3, -0.25) is 0 Å². The van der Waals surface area contributed by atoms with Crippen LogP contribution in [0.4, 0.5) is 5.69 Å². The van der Waals surface area contributed by atoms with Gasteiger partial charge < -0.3 is 10.2 Å². The van der Waals surface area contributed by atoms with E-state index in [-0.39, 0.29) is 5.54 Å². The van der Waals surface area contributed by atoms with Gasteiger partial charge in [0.25, 0.3) is 0 Å². The predicted octanol–water partition coefficient (Wildman–Crippen LogP) is 3.83. The molecule has 106 valence electrons. The standard InChI is InChI=1S/C17H28N2/c1-7-19-16-8-12(2)14(11-18-6)9-15(16)13(3)10-17(19,4)5/h8-9,13,18H,7,10-11H2,1-6H3/t13-/m0/s1. The van der Waals surface area contributed by atoms with Gasteiger partial charge in [-0.15, -0.1) is 0 Å². The van der Waals surface area contributed by atoms with Crippen LogP contribution in [-0.4, -0.2) is 19.1 Å². The van der Waals surface area contributed by atoms with Crippen molar-refractivity contribution >= 4 is 5.69 Å². The van der Waals surface area contributed by atoms with Crippen molar-refractivity contribution in [2.45, 2.75) is 59.0 Å². The number of hydrogen-bond donors (Lipinski definition) is 1. The van der Waals surface area contributed by atoms with Crippen molar-refractivity contribution in [1.82, 2.24) is 5.32 Å². The Balaban J connectivity index is 2.53. The summed E-state index contributed by atoms with van der Waals surface area (Å²) in [4.78, 5) is 2.57. The summed E-state index contributed by atoms with van der Waals surface area (Å²) in [6.45, 7) is 13.6. The Bertz CT molecular complexity index is 463. The maximum absolute atomic E-state index is 3.27. The smallest absolute Gasteiger partial charge is 0.0408 e. The second kappa shape index (κ2) is 5.16. The molecule has 1 heterocycles. The zero-order valence-corrected chi connectivity index (χ0v) is 13.3. The summed E-state index contributed by atoms with van der Waals surface area (Å²) in [5, 5.41) is 3.27. The van der Waals surface area contributed by atoms with E-state index in [4.69, 9.17) is 0 Å². The van der Waals surface area contributed by atoms with E-state index in [1.807, 2.05) is 7.05 Å². The Morgan fingerprint density at radius 3 is 2.63 bits per heavy atom. The highest BCUT2D eigenvalue weighted by molar-refractivity contribution is 5.62. The molecule has 1 aliphatic rings. The molecular weight excluding hydrogens is 232 g/mol. The Hall–Kier alpha value is -1.02. The van der Waals surface area contributed by atoms with Crippen LogP contribution in [0.1, 0.15) is 56.7 Å². The van der Waals surface area contributed by atoms with Crippen molar-refractivity contribution in [2.75, 3.05) is 18.5 Å². The minimum Gasteiger partial charge on any atom is -0.366 e. The van der Waals surface area contributed by atoms with Gasteiger partial charge in [0.2, 0.25) is 0 Å². The third-order valence-corrected chi connectivity index (χ3v) is 4.53. The van der Waals surface area contributed by atoms with E-state index in [0.29, 0.717) is 5.92 Å². The fraction of sp³-hybridized carbons (Fsp3) is 0.647. The Kier molecular flexibility index (Phi) is 3.91. The Labute approximate surface area is 118 Å². The van der Waals surface area contributed by atoms with Gasteiger partial charge in [0.15, 0.2) is 0 Å². The van der Waals surface area contributed by atoms with Gasteiger partial charge in [-0.25, -0.2) is 0 Å². The fourth-order valence-corrected chi connectivity index (χ4v) is 3.66. The van der Waals surface area contributed by atoms with Crippen LogP contribution < -0.4 is 10.2 Å². The molecule has 0 aromatic heterocycles. The third kappa shape index (κ3) is 2.51. The number of anilines is 1. The highest BCUT2D eigenvalue weighted by Crippen LogP contribution is 2.44. The number of aryl methyl sites for hydroxylation is 1. The molecule has 0 unspecified atom stereocenters. The van der Waals surface area contributed by atoms with E-state index >= 15 is 0 Å². The first-order chi connectivity index (χ1) is 8.90. The summed E-state index contributed by atoms with van der Waals surface area (Å²) >= 11 is 0. The van der Waals surface area contributed by atoms with Crippen molar-refractivity contribution in [1.29, 1.82) is 0 Å². The van der Waals surface area contributed by atoms with E-state index < -0.39 is 0 Å². The molecular formula is C17H28N2. The highest BCUT2D eigenvalue weighted by atomic mass is 15.2. The normalized spacial score (nSPS) is 21.4. The van der Waals surface area contributed by atoms with Gasteiger partial charge in [-0.1, -0.05) is 13.0 Å². The minimum atomic E-state index is 0.262. The maximum Gasteiger partial charge on any atom is 0.0408 e. The van der Waals surface area contributed by atoms with Gasteiger partial charge >= 0.3 is 0 Å². The molecule has 1 aromatic carbocycles. The van der Waals surface area contributed by atoms with E-state index in [1.54, 1.807) is 0 Å². The zero-order chi connectivity index (χ0) is 14.2. The molecule has 0 fully saturated rings. The molecule has 19 heavy (non-hydrogen) atoms. The molecule has 0 radical (unpaired) electrons. The lowest BCUT2D eigenvalue weighted by molar-refractivity contribution is 0.381. The lowest BCUT2D eigenvalue weighted by Gasteiger charge is -2.47. The number of hydrogen-bond acceptors (Lipinski definition) is 2. The van der Waals surface area contributed by atoms with E-state index in [9.17, 15) is 0 Å². The molecule has 0 bridgehead atoms. The number of nitrogens with one attached hydrogen (secondary N) is 1. The van der Waals surface area contributed by atoms with Crippen molar-refractivity contribution in [3.8, 4) is 0 Å². The van der Waals surface area contributed by atoms with E-state index in [1.165, 1.54) is 28.8 Å². The lowest BCUT2D eigenvalue weighted by atomic mass is 9.79. The molecule has 0 saturated heterocycles. The Morgan fingerprint density at radius 2 is 2.05 bits per heavy atom. The first-order valence-electron chi connectivity index (χ1n) is 7.46. The van der Waals surface area contributed by atoms with Gasteiger partial charge in [-0.2, -0.15) is 0 Å². The van der Waals surface area contributed by atoms with Crippen LogP contribution in [0.5, 0.6) is 0 Å². The average molecular weight is 260 g/mol. The van der Waals surface area contributed by atoms with E-state index in [0.717, 1.165) is 13.1 Å². The summed E-state index contributed by atoms with van der Waals surface area (Å²) in [5.74, 6) is 0.643. The molecule has 0 spiro atoms. The topological polar surface area (TPSA) is 15.3 Å². The molecule has 0 saturated carbocycles. The highest BCUT2D eigenvalue weighted by Gasteiger charge is 2.35. The third-order valence-electron chi connectivity index (χ3n) is 4.53. The largest absolute Gasteiger partial charge is 0.366 e. The van der Waals surface area contributed by atoms with Crippen LogP contribution >= 0.6 is 0 Å². The first-order valence-corrected chi connectivity index (χ1v) is 7.46. The van der Waals surface area contributed by atoms with Gasteiger partial charge in [0.1, 0.15) is 0 Å². The molecule has 2 nitrogen and oxygen atoms in total. The minimum absolute atomic E-state index is 0.262. The number of benzene rings is 1. The molecule has 0 aliphatic carbocycles. The fourth-order valence-electron chi connectivity index (χ4n) is 3.66. The molecule has 1 aliphatic heterocycles. The number of rotatable bonds is 3. The number of fused-ring (bicyclic) bond motifs is 1. The molecule has 2 rings (SSSR count). The summed E-state index contributed by atoms with van der Waals surface area (Å²) in [5.41, 5.74) is 6.07. The predicted molar refractivity (Wildman–Crippen MR) is 84.1 cm³/mol. The van der Waals surface area contributed by atoms with Gasteiger partial charge in [0.05, 0.1) is 0 Å². The molecule has 1 aromatic rings. The molecule has 1 N–H and O–H groups in total. The van der Waals surface area contributed by atoms with Crippen molar-refractivity contribution in [2.24, 2.45) is 0 Å². The summed E-state index contributed by atoms with van der Waals surface area (Å²) in [7, 11) is 2.02. The maximum atomic E-state index is 3.27. The average Bonchev–Trinajstić information content (AvgIpc) is 2.31. The zero-order valence-electron chi connectivity index (χ0n) is 13.3. The first kappa shape index (κ1) is 14.4. The molecule has 1 atom stereocenters. The Morgan fingerprint density at radius 1 is 1.37 bits per heavy atom. The second-order valence-electron chi connectivity index (χ2n) is 6.53. The van der Waals surface area contributed by atoms with Crippen LogP contribution in [0.3, 0.4) is 0 Å².